The Labute approximate surface area is 114 Å². The zero-order chi connectivity index (χ0) is 13.1. The third kappa shape index (κ3) is 2.74. The van der Waals surface area contributed by atoms with Gasteiger partial charge in [0.25, 0.3) is 0 Å². The van der Waals surface area contributed by atoms with Crippen molar-refractivity contribution in [3.8, 4) is 0 Å². The maximum absolute atomic E-state index is 8.81. The summed E-state index contributed by atoms with van der Waals surface area (Å²) in [5, 5.41) is 23.5. The van der Waals surface area contributed by atoms with E-state index in [-0.39, 0.29) is 6.61 Å². The molecule has 2 heterocycles. The minimum Gasteiger partial charge on any atom is -0.394 e. The molecule has 0 aliphatic rings. The molecule has 2 N–H and O–H groups in total. The van der Waals surface area contributed by atoms with Crippen LogP contribution in [0.4, 0.5) is 5.69 Å². The second-order valence-corrected chi connectivity index (χ2v) is 5.17. The number of aromatic nitrogens is 3. The van der Waals surface area contributed by atoms with Gasteiger partial charge in [-0.1, -0.05) is 5.21 Å². The number of aliphatic hydroxyl groups excluding tert-OH is 1. The summed E-state index contributed by atoms with van der Waals surface area (Å²) >= 11 is 1.74. The SMILES string of the molecule is OCCn1cc(CNc2ccc3sccc3c2)nn1. The number of anilines is 1. The molecule has 0 fully saturated rings. The molecule has 5 nitrogen and oxygen atoms in total. The molecule has 0 saturated carbocycles. The van der Waals surface area contributed by atoms with Gasteiger partial charge in [-0.15, -0.1) is 16.4 Å². The molecule has 3 rings (SSSR count). The zero-order valence-electron chi connectivity index (χ0n) is 10.3. The first-order valence-corrected chi connectivity index (χ1v) is 6.94. The first kappa shape index (κ1) is 12.1. The molecule has 19 heavy (non-hydrogen) atoms. The molecular formula is C13H14N4OS. The van der Waals surface area contributed by atoms with Gasteiger partial charge < -0.3 is 10.4 Å². The standard InChI is InChI=1S/C13H14N4OS/c18-5-4-17-9-12(15-16-17)8-14-11-1-2-13-10(7-11)3-6-19-13/h1-3,6-7,9,14,18H,4-5,8H2. The smallest absolute Gasteiger partial charge is 0.102 e. The summed E-state index contributed by atoms with van der Waals surface area (Å²) < 4.78 is 2.93. The Hall–Kier alpha value is -1.92. The largest absolute Gasteiger partial charge is 0.394 e. The maximum atomic E-state index is 8.81. The molecule has 0 aliphatic carbocycles. The van der Waals surface area contributed by atoms with Crippen LogP contribution in [0, 0.1) is 0 Å². The number of hydrogen-bond donors (Lipinski definition) is 2. The Morgan fingerprint density at radius 2 is 2.26 bits per heavy atom. The molecular weight excluding hydrogens is 260 g/mol. The van der Waals surface area contributed by atoms with Crippen molar-refractivity contribution in [2.75, 3.05) is 11.9 Å². The second kappa shape index (κ2) is 5.38. The van der Waals surface area contributed by atoms with E-state index in [1.54, 1.807) is 16.0 Å². The fourth-order valence-electron chi connectivity index (χ4n) is 1.90. The van der Waals surface area contributed by atoms with Crippen molar-refractivity contribution in [2.45, 2.75) is 13.1 Å². The van der Waals surface area contributed by atoms with Gasteiger partial charge in [-0.05, 0) is 35.0 Å². The molecule has 98 valence electrons. The van der Waals surface area contributed by atoms with Gasteiger partial charge in [0.2, 0.25) is 0 Å². The number of hydrogen-bond acceptors (Lipinski definition) is 5. The van der Waals surface area contributed by atoms with E-state index in [0.717, 1.165) is 11.4 Å². The summed E-state index contributed by atoms with van der Waals surface area (Å²) in [5.41, 5.74) is 1.93. The summed E-state index contributed by atoms with van der Waals surface area (Å²) in [5.74, 6) is 0. The van der Waals surface area contributed by atoms with Crippen LogP contribution >= 0.6 is 11.3 Å². The molecule has 0 atom stereocenters. The van der Waals surface area contributed by atoms with Crippen LogP contribution in [0.5, 0.6) is 0 Å². The van der Waals surface area contributed by atoms with Crippen LogP contribution in [0.2, 0.25) is 0 Å². The van der Waals surface area contributed by atoms with Crippen LogP contribution in [-0.2, 0) is 13.1 Å². The first-order chi connectivity index (χ1) is 9.35. The molecule has 0 bridgehead atoms. The minimum absolute atomic E-state index is 0.0745. The minimum atomic E-state index is 0.0745. The third-order valence-corrected chi connectivity index (χ3v) is 3.74. The predicted octanol–water partition coefficient (Wildman–Crippen LogP) is 2.10. The Morgan fingerprint density at radius 3 is 3.16 bits per heavy atom. The topological polar surface area (TPSA) is 63.0 Å². The zero-order valence-corrected chi connectivity index (χ0v) is 11.1. The number of nitrogens with one attached hydrogen (secondary N) is 1. The summed E-state index contributed by atoms with van der Waals surface area (Å²) in [6.45, 7) is 1.18. The van der Waals surface area contributed by atoms with E-state index in [1.807, 2.05) is 6.20 Å². The molecule has 0 spiro atoms. The van der Waals surface area contributed by atoms with Crippen molar-refractivity contribution in [3.63, 3.8) is 0 Å². The summed E-state index contributed by atoms with van der Waals surface area (Å²) in [4.78, 5) is 0. The Balaban J connectivity index is 1.67. The summed E-state index contributed by atoms with van der Waals surface area (Å²) in [7, 11) is 0. The molecule has 0 amide bonds. The van der Waals surface area contributed by atoms with E-state index < -0.39 is 0 Å². The van der Waals surface area contributed by atoms with Gasteiger partial charge in [0.05, 0.1) is 25.9 Å². The van der Waals surface area contributed by atoms with Gasteiger partial charge in [0.15, 0.2) is 0 Å². The van der Waals surface area contributed by atoms with Crippen molar-refractivity contribution >= 4 is 27.1 Å². The van der Waals surface area contributed by atoms with Crippen molar-refractivity contribution in [2.24, 2.45) is 0 Å². The van der Waals surface area contributed by atoms with Crippen molar-refractivity contribution in [3.05, 3.63) is 41.5 Å². The van der Waals surface area contributed by atoms with E-state index in [2.05, 4.69) is 45.3 Å². The van der Waals surface area contributed by atoms with Gasteiger partial charge in [-0.3, -0.25) is 0 Å². The highest BCUT2D eigenvalue weighted by Gasteiger charge is 2.01. The van der Waals surface area contributed by atoms with E-state index in [1.165, 1.54) is 10.1 Å². The van der Waals surface area contributed by atoms with Gasteiger partial charge in [-0.25, -0.2) is 4.68 Å². The van der Waals surface area contributed by atoms with Crippen molar-refractivity contribution < 1.29 is 5.11 Å². The molecule has 0 saturated heterocycles. The average molecular weight is 274 g/mol. The molecule has 0 unspecified atom stereocenters. The monoisotopic (exact) mass is 274 g/mol. The summed E-state index contributed by atoms with van der Waals surface area (Å²) in [6.07, 6.45) is 1.84. The second-order valence-electron chi connectivity index (χ2n) is 4.22. The molecule has 6 heteroatoms. The van der Waals surface area contributed by atoms with Crippen LogP contribution in [0.3, 0.4) is 0 Å². The number of benzene rings is 1. The lowest BCUT2D eigenvalue weighted by molar-refractivity contribution is 0.268. The number of fused-ring (bicyclic) bond motifs is 1. The Bertz CT molecular complexity index is 676. The van der Waals surface area contributed by atoms with Crippen LogP contribution < -0.4 is 5.32 Å². The normalized spacial score (nSPS) is 11.0. The average Bonchev–Trinajstić information content (AvgIpc) is 3.04. The highest BCUT2D eigenvalue weighted by atomic mass is 32.1. The molecule has 3 aromatic rings. The van der Waals surface area contributed by atoms with E-state index in [0.29, 0.717) is 13.1 Å². The van der Waals surface area contributed by atoms with Gasteiger partial charge in [0, 0.05) is 10.4 Å². The molecule has 1 aromatic carbocycles. The highest BCUT2D eigenvalue weighted by molar-refractivity contribution is 7.17. The number of aliphatic hydroxyl groups is 1. The Morgan fingerprint density at radius 1 is 1.32 bits per heavy atom. The number of nitrogens with zero attached hydrogens (tertiary/aromatic N) is 3. The maximum Gasteiger partial charge on any atom is 0.102 e. The molecule has 2 aromatic heterocycles. The van der Waals surface area contributed by atoms with E-state index in [4.69, 9.17) is 5.11 Å². The fourth-order valence-corrected chi connectivity index (χ4v) is 2.67. The predicted molar refractivity (Wildman–Crippen MR) is 76.3 cm³/mol. The van der Waals surface area contributed by atoms with Crippen LogP contribution in [0.1, 0.15) is 5.69 Å². The molecule has 0 radical (unpaired) electrons. The fraction of sp³-hybridized carbons (Fsp3) is 0.231. The first-order valence-electron chi connectivity index (χ1n) is 6.06. The summed E-state index contributed by atoms with van der Waals surface area (Å²) in [6, 6.07) is 8.43. The third-order valence-electron chi connectivity index (χ3n) is 2.84. The quantitative estimate of drug-likeness (QED) is 0.748. The molecule has 0 aliphatic heterocycles. The van der Waals surface area contributed by atoms with Crippen LogP contribution in [0.15, 0.2) is 35.8 Å². The van der Waals surface area contributed by atoms with Crippen molar-refractivity contribution in [1.82, 2.24) is 15.0 Å². The lowest BCUT2D eigenvalue weighted by atomic mass is 10.2. The van der Waals surface area contributed by atoms with Crippen LogP contribution in [-0.4, -0.2) is 26.7 Å². The van der Waals surface area contributed by atoms with E-state index in [9.17, 15) is 0 Å². The van der Waals surface area contributed by atoms with Gasteiger partial charge in [0.1, 0.15) is 5.69 Å². The number of thiophene rings is 1. The Kier molecular flexibility index (Phi) is 3.43. The number of rotatable bonds is 5. The van der Waals surface area contributed by atoms with Crippen molar-refractivity contribution in [1.29, 1.82) is 0 Å². The highest BCUT2D eigenvalue weighted by Crippen LogP contribution is 2.24. The van der Waals surface area contributed by atoms with Crippen LogP contribution in [0.25, 0.3) is 10.1 Å². The van der Waals surface area contributed by atoms with Gasteiger partial charge >= 0.3 is 0 Å². The van der Waals surface area contributed by atoms with Gasteiger partial charge in [-0.2, -0.15) is 0 Å². The lowest BCUT2D eigenvalue weighted by Crippen LogP contribution is -2.02. The lowest BCUT2D eigenvalue weighted by Gasteiger charge is -2.03. The van der Waals surface area contributed by atoms with E-state index >= 15 is 0 Å².